The second kappa shape index (κ2) is 6.98. The van der Waals surface area contributed by atoms with Crippen LogP contribution in [0.4, 0.5) is 4.79 Å². The predicted octanol–water partition coefficient (Wildman–Crippen LogP) is 2.22. The van der Waals surface area contributed by atoms with Crippen molar-refractivity contribution in [3.05, 3.63) is 0 Å². The Labute approximate surface area is 110 Å². The number of carbonyl (C=O) groups excluding carboxylic acids is 1. The van der Waals surface area contributed by atoms with E-state index in [1.165, 1.54) is 12.8 Å². The average Bonchev–Trinajstić information content (AvgIpc) is 2.68. The van der Waals surface area contributed by atoms with E-state index in [1.54, 1.807) is 0 Å². The lowest BCUT2D eigenvalue weighted by Gasteiger charge is -2.31. The predicted molar refractivity (Wildman–Crippen MR) is 71.5 cm³/mol. The first-order chi connectivity index (χ1) is 8.83. The Morgan fingerprint density at radius 3 is 2.44 bits per heavy atom. The number of amides is 2. The van der Waals surface area contributed by atoms with E-state index in [2.05, 4.69) is 4.90 Å². The van der Waals surface area contributed by atoms with Gasteiger partial charge in [0.2, 0.25) is 0 Å². The lowest BCUT2D eigenvalue weighted by molar-refractivity contribution is 0.144. The lowest BCUT2D eigenvalue weighted by atomic mass is 10.1. The zero-order chi connectivity index (χ0) is 12.8. The molecule has 1 unspecified atom stereocenters. The van der Waals surface area contributed by atoms with Gasteiger partial charge in [-0.3, -0.25) is 0 Å². The minimum atomic E-state index is 0.238. The highest BCUT2D eigenvalue weighted by molar-refractivity contribution is 5.75. The van der Waals surface area contributed by atoms with E-state index >= 15 is 0 Å². The van der Waals surface area contributed by atoms with Gasteiger partial charge in [-0.2, -0.15) is 0 Å². The normalized spacial score (nSPS) is 25.3. The molecule has 2 fully saturated rings. The molecule has 104 valence electrons. The molecular formula is C14H26N2O2. The fraction of sp³-hybridized carbons (Fsp3) is 0.929. The van der Waals surface area contributed by atoms with Crippen LogP contribution in [-0.4, -0.2) is 53.2 Å². The van der Waals surface area contributed by atoms with Crippen molar-refractivity contribution in [3.63, 3.8) is 0 Å². The van der Waals surface area contributed by atoms with E-state index in [0.29, 0.717) is 6.04 Å². The van der Waals surface area contributed by atoms with E-state index < -0.39 is 0 Å². The second-order valence-corrected chi connectivity index (χ2v) is 5.54. The molecule has 4 nitrogen and oxygen atoms in total. The van der Waals surface area contributed by atoms with E-state index in [4.69, 9.17) is 5.11 Å². The van der Waals surface area contributed by atoms with Gasteiger partial charge < -0.3 is 14.9 Å². The number of aliphatic hydroxyl groups excluding tert-OH is 1. The van der Waals surface area contributed by atoms with Crippen LogP contribution >= 0.6 is 0 Å². The number of likely N-dealkylation sites (tertiary alicyclic amines) is 2. The summed E-state index contributed by atoms with van der Waals surface area (Å²) in [6, 6.07) is 0.616. The SMILES string of the molecule is O=C(N1CCCCCC1)N1CCCC1CCCO. The molecule has 1 N–H and O–H groups in total. The number of carbonyl (C=O) groups is 1. The van der Waals surface area contributed by atoms with Crippen LogP contribution in [0.25, 0.3) is 0 Å². The van der Waals surface area contributed by atoms with Gasteiger partial charge in [0.25, 0.3) is 0 Å². The first-order valence-electron chi connectivity index (χ1n) is 7.49. The highest BCUT2D eigenvalue weighted by Crippen LogP contribution is 2.23. The fourth-order valence-electron chi connectivity index (χ4n) is 3.16. The summed E-state index contributed by atoms with van der Waals surface area (Å²) in [5.41, 5.74) is 0. The number of rotatable bonds is 3. The Balaban J connectivity index is 1.89. The van der Waals surface area contributed by atoms with Crippen molar-refractivity contribution in [1.82, 2.24) is 9.80 Å². The summed E-state index contributed by atoms with van der Waals surface area (Å²) in [6.07, 6.45) is 8.83. The maximum atomic E-state index is 12.5. The Kier molecular flexibility index (Phi) is 5.29. The summed E-state index contributed by atoms with van der Waals surface area (Å²) in [4.78, 5) is 16.6. The maximum Gasteiger partial charge on any atom is 0.320 e. The number of hydrogen-bond donors (Lipinski definition) is 1. The van der Waals surface area contributed by atoms with Gasteiger partial charge >= 0.3 is 6.03 Å². The summed E-state index contributed by atoms with van der Waals surface area (Å²) in [6.45, 7) is 3.01. The highest BCUT2D eigenvalue weighted by Gasteiger charge is 2.31. The van der Waals surface area contributed by atoms with Crippen molar-refractivity contribution < 1.29 is 9.90 Å². The third-order valence-electron chi connectivity index (χ3n) is 4.19. The molecule has 4 heteroatoms. The largest absolute Gasteiger partial charge is 0.396 e. The van der Waals surface area contributed by atoms with Crippen molar-refractivity contribution >= 4 is 6.03 Å². The number of aliphatic hydroxyl groups is 1. The first-order valence-corrected chi connectivity index (χ1v) is 7.49. The van der Waals surface area contributed by atoms with Crippen molar-refractivity contribution in [2.45, 2.75) is 57.4 Å². The van der Waals surface area contributed by atoms with Gasteiger partial charge in [-0.1, -0.05) is 12.8 Å². The van der Waals surface area contributed by atoms with Crippen molar-refractivity contribution in [2.75, 3.05) is 26.2 Å². The van der Waals surface area contributed by atoms with Gasteiger partial charge in [-0.15, -0.1) is 0 Å². The summed E-state index contributed by atoms with van der Waals surface area (Å²) >= 11 is 0. The van der Waals surface area contributed by atoms with Crippen molar-refractivity contribution in [3.8, 4) is 0 Å². The molecule has 0 aromatic heterocycles. The Hall–Kier alpha value is -0.770. The maximum absolute atomic E-state index is 12.5. The van der Waals surface area contributed by atoms with E-state index in [-0.39, 0.29) is 12.6 Å². The van der Waals surface area contributed by atoms with E-state index in [1.807, 2.05) is 4.90 Å². The molecule has 0 aliphatic carbocycles. The lowest BCUT2D eigenvalue weighted by Crippen LogP contribution is -2.45. The minimum absolute atomic E-state index is 0.238. The molecule has 2 heterocycles. The van der Waals surface area contributed by atoms with Gasteiger partial charge in [0.15, 0.2) is 0 Å². The quantitative estimate of drug-likeness (QED) is 0.839. The summed E-state index contributed by atoms with van der Waals surface area (Å²) in [7, 11) is 0. The Morgan fingerprint density at radius 2 is 1.78 bits per heavy atom. The third-order valence-corrected chi connectivity index (χ3v) is 4.19. The molecule has 0 spiro atoms. The minimum Gasteiger partial charge on any atom is -0.396 e. The zero-order valence-corrected chi connectivity index (χ0v) is 11.3. The standard InChI is InChI=1S/C14H26N2O2/c17-12-6-8-13-7-5-11-16(13)14(18)15-9-3-1-2-4-10-15/h13,17H,1-12H2. The van der Waals surface area contributed by atoms with Crippen LogP contribution in [0.15, 0.2) is 0 Å². The van der Waals surface area contributed by atoms with Crippen molar-refractivity contribution in [2.24, 2.45) is 0 Å². The highest BCUT2D eigenvalue weighted by atomic mass is 16.3. The molecule has 0 radical (unpaired) electrons. The topological polar surface area (TPSA) is 43.8 Å². The van der Waals surface area contributed by atoms with Crippen molar-refractivity contribution in [1.29, 1.82) is 0 Å². The van der Waals surface area contributed by atoms with Crippen LogP contribution in [0.5, 0.6) is 0 Å². The van der Waals surface area contributed by atoms with Crippen LogP contribution in [0, 0.1) is 0 Å². The van der Waals surface area contributed by atoms with Gasteiger partial charge in [-0.25, -0.2) is 4.79 Å². The Bertz CT molecular complexity index is 263. The molecule has 2 rings (SSSR count). The molecule has 2 aliphatic rings. The fourth-order valence-corrected chi connectivity index (χ4v) is 3.16. The molecule has 0 saturated carbocycles. The van der Waals surface area contributed by atoms with Crippen LogP contribution in [0.1, 0.15) is 51.4 Å². The van der Waals surface area contributed by atoms with Crippen LogP contribution in [0.2, 0.25) is 0 Å². The molecule has 0 aromatic carbocycles. The molecule has 2 saturated heterocycles. The number of hydrogen-bond acceptors (Lipinski definition) is 2. The van der Waals surface area contributed by atoms with Gasteiger partial charge in [0.05, 0.1) is 0 Å². The molecule has 0 aromatic rings. The van der Waals surface area contributed by atoms with Gasteiger partial charge in [0, 0.05) is 32.3 Å². The molecule has 2 aliphatic heterocycles. The second-order valence-electron chi connectivity index (χ2n) is 5.54. The smallest absolute Gasteiger partial charge is 0.320 e. The molecule has 0 bridgehead atoms. The zero-order valence-electron chi connectivity index (χ0n) is 11.3. The third kappa shape index (κ3) is 3.37. The summed E-state index contributed by atoms with van der Waals surface area (Å²) in [5, 5.41) is 8.92. The van der Waals surface area contributed by atoms with Crippen LogP contribution in [0.3, 0.4) is 0 Å². The Morgan fingerprint density at radius 1 is 1.06 bits per heavy atom. The monoisotopic (exact) mass is 254 g/mol. The van der Waals surface area contributed by atoms with Crippen LogP contribution in [-0.2, 0) is 0 Å². The molecule has 1 atom stereocenters. The summed E-state index contributed by atoms with van der Waals surface area (Å²) < 4.78 is 0. The van der Waals surface area contributed by atoms with Crippen LogP contribution < -0.4 is 0 Å². The average molecular weight is 254 g/mol. The molecule has 2 amide bonds. The van der Waals surface area contributed by atoms with E-state index in [9.17, 15) is 4.79 Å². The number of nitrogens with zero attached hydrogens (tertiary/aromatic N) is 2. The first kappa shape index (κ1) is 13.7. The number of urea groups is 1. The molecule has 18 heavy (non-hydrogen) atoms. The van der Waals surface area contributed by atoms with Gasteiger partial charge in [0.1, 0.15) is 0 Å². The van der Waals surface area contributed by atoms with Gasteiger partial charge in [-0.05, 0) is 38.5 Å². The molecular weight excluding hydrogens is 228 g/mol. The summed E-state index contributed by atoms with van der Waals surface area (Å²) in [5.74, 6) is 0. The van der Waals surface area contributed by atoms with E-state index in [0.717, 1.165) is 58.2 Å².